The molecule has 2 aromatic carbocycles. The zero-order chi connectivity index (χ0) is 24.5. The van der Waals surface area contributed by atoms with Crippen LogP contribution in [0.2, 0.25) is 0 Å². The second-order valence-corrected chi connectivity index (χ2v) is 9.81. The van der Waals surface area contributed by atoms with Crippen LogP contribution in [0, 0.1) is 23.4 Å². The lowest BCUT2D eigenvalue weighted by Gasteiger charge is -2.31. The number of halogens is 3. The van der Waals surface area contributed by atoms with Crippen LogP contribution in [0.5, 0.6) is 0 Å². The third-order valence-electron chi connectivity index (χ3n) is 7.35. The van der Waals surface area contributed by atoms with Gasteiger partial charge in [0.05, 0.1) is 5.56 Å². The van der Waals surface area contributed by atoms with Gasteiger partial charge in [0.25, 0.3) is 0 Å². The molecule has 1 N–H and O–H groups in total. The minimum Gasteiger partial charge on any atom is -0.478 e. The number of carboxylic acid groups (broad SMARTS) is 1. The summed E-state index contributed by atoms with van der Waals surface area (Å²) in [7, 11) is 0. The predicted molar refractivity (Wildman–Crippen MR) is 131 cm³/mol. The van der Waals surface area contributed by atoms with Crippen molar-refractivity contribution in [2.75, 3.05) is 0 Å². The number of unbranched alkanes of at least 4 members (excludes halogenated alkanes) is 7. The van der Waals surface area contributed by atoms with E-state index in [-0.39, 0.29) is 17.0 Å². The molecule has 2 nitrogen and oxygen atoms in total. The molecule has 1 aliphatic carbocycles. The van der Waals surface area contributed by atoms with E-state index in [1.54, 1.807) is 18.2 Å². The summed E-state index contributed by atoms with van der Waals surface area (Å²) >= 11 is 0. The molecule has 0 aromatic heterocycles. The van der Waals surface area contributed by atoms with Crippen LogP contribution in [0.3, 0.4) is 0 Å². The zero-order valence-electron chi connectivity index (χ0n) is 20.2. The largest absolute Gasteiger partial charge is 0.478 e. The fourth-order valence-corrected chi connectivity index (χ4v) is 5.46. The highest BCUT2D eigenvalue weighted by Crippen LogP contribution is 2.43. The van der Waals surface area contributed by atoms with Crippen molar-refractivity contribution in [3.8, 4) is 11.1 Å². The third kappa shape index (κ3) is 6.86. The quantitative estimate of drug-likeness (QED) is 0.246. The number of rotatable bonds is 12. The molecular weight excluding hydrogens is 437 g/mol. The number of benzene rings is 2. The number of carbonyl (C=O) groups is 1. The molecule has 0 atom stereocenters. The summed E-state index contributed by atoms with van der Waals surface area (Å²) in [6, 6.07) is 6.72. The second-order valence-electron chi connectivity index (χ2n) is 9.81. The molecule has 0 radical (unpaired) electrons. The van der Waals surface area contributed by atoms with E-state index in [1.807, 2.05) is 0 Å². The molecular formula is C29H37F3O2. The van der Waals surface area contributed by atoms with Crippen LogP contribution in [0.15, 0.2) is 30.3 Å². The van der Waals surface area contributed by atoms with Crippen LogP contribution in [-0.2, 0) is 0 Å². The van der Waals surface area contributed by atoms with Crippen LogP contribution >= 0.6 is 0 Å². The summed E-state index contributed by atoms with van der Waals surface area (Å²) in [5.41, 5.74) is 1.43. The van der Waals surface area contributed by atoms with E-state index in [9.17, 15) is 23.1 Å². The van der Waals surface area contributed by atoms with Gasteiger partial charge in [-0.2, -0.15) is 0 Å². The number of hydrogen-bond donors (Lipinski definition) is 1. The minimum atomic E-state index is -1.51. The third-order valence-corrected chi connectivity index (χ3v) is 7.35. The monoisotopic (exact) mass is 474 g/mol. The Morgan fingerprint density at radius 2 is 1.47 bits per heavy atom. The Kier molecular flexibility index (Phi) is 10.0. The van der Waals surface area contributed by atoms with Gasteiger partial charge in [-0.3, -0.25) is 0 Å². The Hall–Kier alpha value is -2.30. The van der Waals surface area contributed by atoms with Crippen LogP contribution in [0.25, 0.3) is 11.1 Å². The van der Waals surface area contributed by atoms with Gasteiger partial charge in [-0.25, -0.2) is 18.0 Å². The van der Waals surface area contributed by atoms with Crippen LogP contribution in [-0.4, -0.2) is 11.1 Å². The van der Waals surface area contributed by atoms with Crippen molar-refractivity contribution in [2.24, 2.45) is 5.92 Å². The summed E-state index contributed by atoms with van der Waals surface area (Å²) in [5, 5.41) is 9.80. The maximum absolute atomic E-state index is 13.9. The topological polar surface area (TPSA) is 37.3 Å². The van der Waals surface area contributed by atoms with Crippen LogP contribution < -0.4 is 0 Å². The van der Waals surface area contributed by atoms with Gasteiger partial charge in [0.15, 0.2) is 17.5 Å². The van der Waals surface area contributed by atoms with E-state index in [4.69, 9.17) is 0 Å². The maximum atomic E-state index is 13.9. The maximum Gasteiger partial charge on any atom is 0.335 e. The fourth-order valence-electron chi connectivity index (χ4n) is 5.46. The lowest BCUT2D eigenvalue weighted by molar-refractivity contribution is 0.0694. The molecule has 0 heterocycles. The highest BCUT2D eigenvalue weighted by Gasteiger charge is 2.28. The number of carboxylic acids is 1. The van der Waals surface area contributed by atoms with Crippen molar-refractivity contribution in [3.05, 3.63) is 58.9 Å². The molecule has 0 aliphatic heterocycles. The molecule has 1 aliphatic rings. The lowest BCUT2D eigenvalue weighted by atomic mass is 9.74. The van der Waals surface area contributed by atoms with Gasteiger partial charge in [0.1, 0.15) is 0 Å². The zero-order valence-corrected chi connectivity index (χ0v) is 20.2. The van der Waals surface area contributed by atoms with E-state index in [1.165, 1.54) is 57.8 Å². The first-order valence-corrected chi connectivity index (χ1v) is 12.9. The summed E-state index contributed by atoms with van der Waals surface area (Å²) in [5.74, 6) is -4.44. The van der Waals surface area contributed by atoms with E-state index in [0.29, 0.717) is 17.0 Å². The molecule has 0 unspecified atom stereocenters. The standard InChI is InChI=1S/C29H37F3O2/c1-2-3-4-5-6-7-8-9-11-20-14-16-21(17-15-20)27-23(12-10-13-24(27)29(33)34)22-18-25(30)28(32)26(31)19-22/h10,12-13,18-21H,2-9,11,14-17H2,1H3,(H,33,34)/t20-,21-. The molecule has 5 heteroatoms. The van der Waals surface area contributed by atoms with Crippen molar-refractivity contribution < 1.29 is 23.1 Å². The number of aromatic carboxylic acids is 1. The van der Waals surface area contributed by atoms with Gasteiger partial charge in [0.2, 0.25) is 0 Å². The van der Waals surface area contributed by atoms with E-state index >= 15 is 0 Å². The van der Waals surface area contributed by atoms with Crippen molar-refractivity contribution in [1.29, 1.82) is 0 Å². The molecule has 34 heavy (non-hydrogen) atoms. The van der Waals surface area contributed by atoms with Gasteiger partial charge in [-0.1, -0.05) is 76.8 Å². The number of hydrogen-bond acceptors (Lipinski definition) is 1. The Bertz CT molecular complexity index is 925. The van der Waals surface area contributed by atoms with Crippen LogP contribution in [0.1, 0.15) is 112 Å². The molecule has 0 bridgehead atoms. The SMILES string of the molecule is CCCCCCCCCC[C@H]1CC[C@H](c2c(C(=O)O)cccc2-c2cc(F)c(F)c(F)c2)CC1. The molecule has 0 amide bonds. The Labute approximate surface area is 201 Å². The molecule has 1 fully saturated rings. The average molecular weight is 475 g/mol. The highest BCUT2D eigenvalue weighted by molar-refractivity contribution is 5.92. The summed E-state index contributed by atoms with van der Waals surface area (Å²) < 4.78 is 41.4. The Morgan fingerprint density at radius 1 is 0.882 bits per heavy atom. The van der Waals surface area contributed by atoms with E-state index in [0.717, 1.165) is 37.8 Å². The lowest BCUT2D eigenvalue weighted by Crippen LogP contribution is -2.17. The Morgan fingerprint density at radius 3 is 2.06 bits per heavy atom. The van der Waals surface area contributed by atoms with Crippen molar-refractivity contribution in [3.63, 3.8) is 0 Å². The van der Waals surface area contributed by atoms with Crippen LogP contribution in [0.4, 0.5) is 13.2 Å². The van der Waals surface area contributed by atoms with Gasteiger partial charge in [-0.15, -0.1) is 0 Å². The molecule has 0 spiro atoms. The predicted octanol–water partition coefficient (Wildman–Crippen LogP) is 9.27. The second kappa shape index (κ2) is 13.0. The molecule has 2 aromatic rings. The normalized spacial score (nSPS) is 18.2. The van der Waals surface area contributed by atoms with Gasteiger partial charge < -0.3 is 5.11 Å². The molecule has 1 saturated carbocycles. The van der Waals surface area contributed by atoms with Gasteiger partial charge in [-0.05, 0) is 72.4 Å². The molecule has 3 rings (SSSR count). The summed E-state index contributed by atoms with van der Waals surface area (Å²) in [4.78, 5) is 12.0. The minimum absolute atomic E-state index is 0.00768. The summed E-state index contributed by atoms with van der Waals surface area (Å²) in [6.45, 7) is 2.23. The summed E-state index contributed by atoms with van der Waals surface area (Å²) in [6.07, 6.45) is 15.4. The first-order valence-electron chi connectivity index (χ1n) is 12.9. The first-order chi connectivity index (χ1) is 16.4. The van der Waals surface area contributed by atoms with E-state index < -0.39 is 23.4 Å². The van der Waals surface area contributed by atoms with Crippen molar-refractivity contribution in [1.82, 2.24) is 0 Å². The smallest absolute Gasteiger partial charge is 0.335 e. The average Bonchev–Trinajstić information content (AvgIpc) is 2.83. The Balaban J connectivity index is 1.64. The van der Waals surface area contributed by atoms with Gasteiger partial charge >= 0.3 is 5.97 Å². The molecule has 186 valence electrons. The van der Waals surface area contributed by atoms with E-state index in [2.05, 4.69) is 6.92 Å². The first kappa shape index (κ1) is 26.3. The molecule has 0 saturated heterocycles. The highest BCUT2D eigenvalue weighted by atomic mass is 19.2. The van der Waals surface area contributed by atoms with Crippen molar-refractivity contribution in [2.45, 2.75) is 96.3 Å². The van der Waals surface area contributed by atoms with Gasteiger partial charge in [0, 0.05) is 0 Å². The van der Waals surface area contributed by atoms with Crippen molar-refractivity contribution >= 4 is 5.97 Å². The fraction of sp³-hybridized carbons (Fsp3) is 0.552.